The minimum Gasteiger partial charge on any atom is -0.374 e. The summed E-state index contributed by atoms with van der Waals surface area (Å²) in [5, 5.41) is 35.7. The third-order valence-electron chi connectivity index (χ3n) is 6.23. The van der Waals surface area contributed by atoms with E-state index in [-0.39, 0.29) is 5.92 Å². The van der Waals surface area contributed by atoms with Crippen LogP contribution in [0.3, 0.4) is 0 Å². The number of H-pyrrole nitrogens is 1. The molecule has 0 amide bonds. The van der Waals surface area contributed by atoms with Gasteiger partial charge in [0, 0.05) is 22.6 Å². The molecule has 166 valence electrons. The number of nitrogens with zero attached hydrogens (tertiary/aromatic N) is 3. The number of aromatic amines is 1. The van der Waals surface area contributed by atoms with Gasteiger partial charge in [-0.25, -0.2) is 0 Å². The molecule has 1 aliphatic carbocycles. The van der Waals surface area contributed by atoms with E-state index in [1.54, 1.807) is 6.20 Å². The Bertz CT molecular complexity index is 1220. The molecule has 0 spiro atoms. The first-order valence-corrected chi connectivity index (χ1v) is 12.0. The Kier molecular flexibility index (Phi) is 5.99. The van der Waals surface area contributed by atoms with Gasteiger partial charge in [-0.15, -0.1) is 10.2 Å². The number of hydrogen-bond acceptors (Lipinski definition) is 7. The summed E-state index contributed by atoms with van der Waals surface area (Å²) >= 11 is 7.95. The smallest absolute Gasteiger partial charge is 0.210 e. The van der Waals surface area contributed by atoms with Crippen LogP contribution >= 0.6 is 22.9 Å². The van der Waals surface area contributed by atoms with E-state index in [1.165, 1.54) is 30.6 Å². The highest BCUT2D eigenvalue weighted by Crippen LogP contribution is 2.36. The monoisotopic (exact) mass is 468 g/mol. The molecule has 2 aromatic carbocycles. The van der Waals surface area contributed by atoms with Gasteiger partial charge in [-0.2, -0.15) is 5.10 Å². The maximum Gasteiger partial charge on any atom is 0.210 e. The van der Waals surface area contributed by atoms with Crippen LogP contribution < -0.4 is 10.6 Å². The van der Waals surface area contributed by atoms with E-state index in [4.69, 9.17) is 11.6 Å². The maximum absolute atomic E-state index is 10.7. The largest absolute Gasteiger partial charge is 0.374 e. The lowest BCUT2D eigenvalue weighted by Gasteiger charge is -2.33. The average molecular weight is 469 g/mol. The Balaban J connectivity index is 1.31. The third-order valence-corrected chi connectivity index (χ3v) is 7.53. The number of aliphatic hydroxyl groups is 1. The van der Waals surface area contributed by atoms with E-state index < -0.39 is 6.23 Å². The zero-order valence-corrected chi connectivity index (χ0v) is 19.2. The number of aromatic nitrogens is 4. The molecule has 0 saturated heterocycles. The summed E-state index contributed by atoms with van der Waals surface area (Å²) in [4.78, 5) is 0. The SMILES string of the molecule is CC1CCCCC1C(O)Nc1cccc(-c2nnc(Nc3ccc4[nH]ncc4c3Cl)s2)c1. The van der Waals surface area contributed by atoms with E-state index in [1.807, 2.05) is 36.4 Å². The van der Waals surface area contributed by atoms with Gasteiger partial charge in [0.15, 0.2) is 0 Å². The van der Waals surface area contributed by atoms with E-state index in [2.05, 4.69) is 38.0 Å². The van der Waals surface area contributed by atoms with Crippen molar-refractivity contribution in [2.45, 2.75) is 38.8 Å². The highest BCUT2D eigenvalue weighted by atomic mass is 35.5. The van der Waals surface area contributed by atoms with Crippen molar-refractivity contribution in [1.82, 2.24) is 20.4 Å². The maximum atomic E-state index is 10.7. The molecule has 5 rings (SSSR count). The van der Waals surface area contributed by atoms with Crippen LogP contribution in [-0.4, -0.2) is 31.7 Å². The molecule has 0 aliphatic heterocycles. The fourth-order valence-electron chi connectivity index (χ4n) is 4.42. The first kappa shape index (κ1) is 21.2. The van der Waals surface area contributed by atoms with Crippen molar-refractivity contribution in [2.24, 2.45) is 11.8 Å². The van der Waals surface area contributed by atoms with Crippen LogP contribution in [0.2, 0.25) is 5.02 Å². The summed E-state index contributed by atoms with van der Waals surface area (Å²) < 4.78 is 0. The average Bonchev–Trinajstić information content (AvgIpc) is 3.46. The van der Waals surface area contributed by atoms with Crippen LogP contribution in [0.4, 0.5) is 16.5 Å². The summed E-state index contributed by atoms with van der Waals surface area (Å²) in [7, 11) is 0. The normalized spacial score (nSPS) is 19.7. The number of halogens is 1. The molecule has 4 aromatic rings. The molecule has 3 unspecified atom stereocenters. The van der Waals surface area contributed by atoms with Gasteiger partial charge >= 0.3 is 0 Å². The van der Waals surface area contributed by atoms with Gasteiger partial charge < -0.3 is 15.7 Å². The molecule has 3 atom stereocenters. The van der Waals surface area contributed by atoms with Crippen LogP contribution in [0, 0.1) is 11.8 Å². The van der Waals surface area contributed by atoms with Gasteiger partial charge in [-0.1, -0.05) is 61.3 Å². The first-order valence-electron chi connectivity index (χ1n) is 10.9. The molecule has 32 heavy (non-hydrogen) atoms. The molecule has 0 bridgehead atoms. The highest BCUT2D eigenvalue weighted by molar-refractivity contribution is 7.18. The molecule has 0 radical (unpaired) electrons. The van der Waals surface area contributed by atoms with Crippen LogP contribution in [0.25, 0.3) is 21.5 Å². The van der Waals surface area contributed by atoms with Crippen molar-refractivity contribution in [2.75, 3.05) is 10.6 Å². The molecule has 1 fully saturated rings. The summed E-state index contributed by atoms with van der Waals surface area (Å²) in [5.41, 5.74) is 3.46. The van der Waals surface area contributed by atoms with E-state index in [0.29, 0.717) is 16.1 Å². The van der Waals surface area contributed by atoms with Gasteiger partial charge in [-0.05, 0) is 36.6 Å². The third kappa shape index (κ3) is 4.30. The van der Waals surface area contributed by atoms with Crippen molar-refractivity contribution < 1.29 is 5.11 Å². The van der Waals surface area contributed by atoms with Crippen LogP contribution in [0.1, 0.15) is 32.6 Å². The molecular formula is C23H25ClN6OS. The minimum atomic E-state index is -0.549. The van der Waals surface area contributed by atoms with Crippen LogP contribution in [0.15, 0.2) is 42.6 Å². The van der Waals surface area contributed by atoms with Crippen LogP contribution in [-0.2, 0) is 0 Å². The molecule has 1 saturated carbocycles. The lowest BCUT2D eigenvalue weighted by Crippen LogP contribution is -2.34. The second-order valence-electron chi connectivity index (χ2n) is 8.39. The molecule has 1 aliphatic rings. The van der Waals surface area contributed by atoms with Gasteiger partial charge in [0.2, 0.25) is 5.13 Å². The lowest BCUT2D eigenvalue weighted by atomic mass is 9.79. The zero-order chi connectivity index (χ0) is 22.1. The quantitative estimate of drug-likeness (QED) is 0.258. The summed E-state index contributed by atoms with van der Waals surface area (Å²) in [6.07, 6.45) is 5.84. The molecule has 7 nitrogen and oxygen atoms in total. The number of anilines is 3. The summed E-state index contributed by atoms with van der Waals surface area (Å²) in [5.74, 6) is 0.807. The van der Waals surface area contributed by atoms with Gasteiger partial charge in [0.1, 0.15) is 11.2 Å². The number of hydrogen-bond donors (Lipinski definition) is 4. The second kappa shape index (κ2) is 9.05. The number of benzene rings is 2. The number of fused-ring (bicyclic) bond motifs is 1. The van der Waals surface area contributed by atoms with Crippen LogP contribution in [0.5, 0.6) is 0 Å². The standard InChI is InChI=1S/C23H25ClN6OS/c1-13-5-2-3-8-16(13)21(31)26-15-7-4-6-14(11-15)22-29-30-23(32-22)27-19-10-9-18-17(20(19)24)12-25-28-18/h4,6-7,9-13,16,21,26,31H,2-3,5,8H2,1H3,(H,25,28)(H,27,30). The molecule has 2 heterocycles. The Labute approximate surface area is 195 Å². The lowest BCUT2D eigenvalue weighted by molar-refractivity contribution is 0.0744. The Morgan fingerprint density at radius 1 is 1.19 bits per heavy atom. The number of aliphatic hydroxyl groups excluding tert-OH is 1. The number of rotatable bonds is 6. The van der Waals surface area contributed by atoms with E-state index in [9.17, 15) is 5.11 Å². The highest BCUT2D eigenvalue weighted by Gasteiger charge is 2.27. The summed E-state index contributed by atoms with van der Waals surface area (Å²) in [6, 6.07) is 11.8. The Hall–Kier alpha value is -2.68. The molecular weight excluding hydrogens is 444 g/mol. The first-order chi connectivity index (χ1) is 15.6. The van der Waals surface area contributed by atoms with Crippen molar-refractivity contribution in [3.8, 4) is 10.6 Å². The van der Waals surface area contributed by atoms with Crippen molar-refractivity contribution in [3.05, 3.63) is 47.6 Å². The van der Waals surface area contributed by atoms with Crippen molar-refractivity contribution >= 4 is 50.3 Å². The summed E-state index contributed by atoms with van der Waals surface area (Å²) in [6.45, 7) is 2.23. The Morgan fingerprint density at radius 2 is 2.06 bits per heavy atom. The fraction of sp³-hybridized carbons (Fsp3) is 0.348. The molecule has 9 heteroatoms. The molecule has 4 N–H and O–H groups in total. The zero-order valence-electron chi connectivity index (χ0n) is 17.7. The van der Waals surface area contributed by atoms with E-state index >= 15 is 0 Å². The minimum absolute atomic E-state index is 0.280. The predicted octanol–water partition coefficient (Wildman–Crippen LogP) is 6.04. The van der Waals surface area contributed by atoms with Crippen molar-refractivity contribution in [1.29, 1.82) is 0 Å². The van der Waals surface area contributed by atoms with Gasteiger partial charge in [0.05, 0.1) is 22.4 Å². The van der Waals surface area contributed by atoms with Gasteiger partial charge in [0.25, 0.3) is 0 Å². The van der Waals surface area contributed by atoms with Gasteiger partial charge in [-0.3, -0.25) is 5.10 Å². The topological polar surface area (TPSA) is 98.7 Å². The fourth-order valence-corrected chi connectivity index (χ4v) is 5.43. The Morgan fingerprint density at radius 3 is 2.94 bits per heavy atom. The molecule has 2 aromatic heterocycles. The predicted molar refractivity (Wildman–Crippen MR) is 130 cm³/mol. The van der Waals surface area contributed by atoms with E-state index in [0.717, 1.165) is 39.3 Å². The second-order valence-corrected chi connectivity index (χ2v) is 9.75. The number of nitrogens with one attached hydrogen (secondary N) is 3. The van der Waals surface area contributed by atoms with Crippen molar-refractivity contribution in [3.63, 3.8) is 0 Å².